The lowest BCUT2D eigenvalue weighted by atomic mass is 9.98. The summed E-state index contributed by atoms with van der Waals surface area (Å²) < 4.78 is 4.58. The molecule has 0 spiro atoms. The van der Waals surface area contributed by atoms with Crippen molar-refractivity contribution in [1.82, 2.24) is 14.1 Å². The molecule has 0 saturated heterocycles. The monoisotopic (exact) mass is 712 g/mol. The van der Waals surface area contributed by atoms with Crippen LogP contribution in [0.25, 0.3) is 88.4 Å². The summed E-state index contributed by atoms with van der Waals surface area (Å²) in [6.45, 7) is 0. The number of benzene rings is 7. The molecule has 0 amide bonds. The Balaban J connectivity index is 1.30. The number of pyridine rings is 1. The first-order chi connectivity index (χ1) is 27.6. The van der Waals surface area contributed by atoms with Crippen molar-refractivity contribution in [1.29, 1.82) is 15.8 Å². The molecule has 0 saturated carbocycles. The number of aromatic nitrogens is 3. The van der Waals surface area contributed by atoms with Crippen molar-refractivity contribution < 1.29 is 0 Å². The second-order valence-corrected chi connectivity index (χ2v) is 13.8. The fourth-order valence-corrected chi connectivity index (χ4v) is 8.16. The van der Waals surface area contributed by atoms with Gasteiger partial charge in [-0.15, -0.1) is 0 Å². The van der Waals surface area contributed by atoms with Gasteiger partial charge in [0.15, 0.2) is 0 Å². The SMILES string of the molecule is N#Cc1cccc(-c2ccc3c(c2)c2ccccc2n3-c2cc(C#N)c(-c3ccncc3)cc2-n2c3ccccc3c3cc(-c4cccc(C#N)c4)ccc32)c1. The maximum absolute atomic E-state index is 10.7. The predicted molar refractivity (Wildman–Crippen MR) is 223 cm³/mol. The van der Waals surface area contributed by atoms with Gasteiger partial charge in [0.05, 0.1) is 68.3 Å². The number of nitriles is 3. The Labute approximate surface area is 322 Å². The molecule has 10 aromatic rings. The Morgan fingerprint density at radius 1 is 0.375 bits per heavy atom. The summed E-state index contributed by atoms with van der Waals surface area (Å²) >= 11 is 0. The third-order valence-corrected chi connectivity index (χ3v) is 10.7. The number of hydrogen-bond donors (Lipinski definition) is 0. The molecule has 0 aliphatic carbocycles. The molecule has 0 bridgehead atoms. The number of rotatable bonds is 5. The van der Waals surface area contributed by atoms with Gasteiger partial charge < -0.3 is 9.13 Å². The first-order valence-electron chi connectivity index (χ1n) is 18.2. The second-order valence-electron chi connectivity index (χ2n) is 13.8. The molecule has 0 N–H and O–H groups in total. The van der Waals surface area contributed by atoms with E-state index in [1.54, 1.807) is 12.4 Å². The fraction of sp³-hybridized carbons (Fsp3) is 0. The van der Waals surface area contributed by atoms with E-state index in [0.717, 1.165) is 88.4 Å². The molecule has 258 valence electrons. The van der Waals surface area contributed by atoms with Gasteiger partial charge in [-0.05, 0) is 113 Å². The van der Waals surface area contributed by atoms with E-state index in [9.17, 15) is 15.8 Å². The zero-order chi connectivity index (χ0) is 37.8. The van der Waals surface area contributed by atoms with Gasteiger partial charge in [0.1, 0.15) is 0 Å². The van der Waals surface area contributed by atoms with Gasteiger partial charge in [0, 0.05) is 39.5 Å². The number of nitrogens with zero attached hydrogens (tertiary/aromatic N) is 6. The number of hydrogen-bond acceptors (Lipinski definition) is 4. The summed E-state index contributed by atoms with van der Waals surface area (Å²) in [5.41, 5.74) is 13.3. The summed E-state index contributed by atoms with van der Waals surface area (Å²) in [5, 5.41) is 34.3. The molecule has 0 atom stereocenters. The van der Waals surface area contributed by atoms with E-state index >= 15 is 0 Å². The molecule has 10 rings (SSSR count). The Morgan fingerprint density at radius 3 is 1.38 bits per heavy atom. The van der Waals surface area contributed by atoms with Crippen molar-refractivity contribution >= 4 is 43.6 Å². The summed E-state index contributed by atoms with van der Waals surface area (Å²) in [4.78, 5) is 4.26. The molecule has 3 aromatic heterocycles. The van der Waals surface area contributed by atoms with E-state index in [2.05, 4.69) is 123 Å². The molecular formula is C50H28N6. The van der Waals surface area contributed by atoms with Gasteiger partial charge in [-0.3, -0.25) is 4.98 Å². The number of para-hydroxylation sites is 2. The second kappa shape index (κ2) is 13.0. The van der Waals surface area contributed by atoms with Crippen molar-refractivity contribution in [3.8, 4) is 63.0 Å². The van der Waals surface area contributed by atoms with Crippen LogP contribution in [-0.4, -0.2) is 14.1 Å². The molecule has 6 heteroatoms. The molecule has 0 aliphatic heterocycles. The Kier molecular flexibility index (Phi) is 7.53. The van der Waals surface area contributed by atoms with Gasteiger partial charge in [-0.25, -0.2) is 0 Å². The van der Waals surface area contributed by atoms with Crippen LogP contribution in [0.3, 0.4) is 0 Å². The van der Waals surface area contributed by atoms with Gasteiger partial charge in [0.25, 0.3) is 0 Å². The van der Waals surface area contributed by atoms with Crippen molar-refractivity contribution in [3.05, 3.63) is 187 Å². The summed E-state index contributed by atoms with van der Waals surface area (Å²) in [6, 6.07) is 60.2. The normalized spacial score (nSPS) is 11.2. The highest BCUT2D eigenvalue weighted by Gasteiger charge is 2.23. The first kappa shape index (κ1) is 32.4. The third-order valence-electron chi connectivity index (χ3n) is 10.7. The molecule has 0 fully saturated rings. The van der Waals surface area contributed by atoms with Crippen molar-refractivity contribution in [3.63, 3.8) is 0 Å². The van der Waals surface area contributed by atoms with Crippen LogP contribution < -0.4 is 0 Å². The summed E-state index contributed by atoms with van der Waals surface area (Å²) in [7, 11) is 0. The first-order valence-corrected chi connectivity index (χ1v) is 18.2. The molecule has 7 aromatic carbocycles. The van der Waals surface area contributed by atoms with Crippen LogP contribution >= 0.6 is 0 Å². The molecular weight excluding hydrogens is 685 g/mol. The highest BCUT2D eigenvalue weighted by Crippen LogP contribution is 2.42. The lowest BCUT2D eigenvalue weighted by Gasteiger charge is -2.19. The smallest absolute Gasteiger partial charge is 0.0998 e. The van der Waals surface area contributed by atoms with Crippen LogP contribution in [0.1, 0.15) is 16.7 Å². The largest absolute Gasteiger partial charge is 0.307 e. The van der Waals surface area contributed by atoms with Gasteiger partial charge in [0.2, 0.25) is 0 Å². The molecule has 56 heavy (non-hydrogen) atoms. The van der Waals surface area contributed by atoms with Crippen molar-refractivity contribution in [2.45, 2.75) is 0 Å². The van der Waals surface area contributed by atoms with E-state index in [-0.39, 0.29) is 0 Å². The molecule has 3 heterocycles. The Morgan fingerprint density at radius 2 is 0.857 bits per heavy atom. The fourth-order valence-electron chi connectivity index (χ4n) is 8.16. The van der Waals surface area contributed by atoms with Gasteiger partial charge >= 0.3 is 0 Å². The standard InChI is InChI=1S/C50H28N6/c51-29-32-7-5-9-35(23-32)37-15-17-47-43(25-37)40-11-1-3-13-45(40)55(47)49-27-39(31-53)42(34-19-21-54-22-20-34)28-50(49)56-46-14-4-2-12-41(46)44-26-38(16-18-48(44)56)36-10-6-8-33(24-36)30-52/h1-28H. The molecule has 0 radical (unpaired) electrons. The predicted octanol–water partition coefficient (Wildman–Crippen LogP) is 11.9. The Bertz CT molecular complexity index is 3350. The van der Waals surface area contributed by atoms with E-state index in [1.807, 2.05) is 66.7 Å². The maximum atomic E-state index is 10.7. The average molecular weight is 713 g/mol. The van der Waals surface area contributed by atoms with Crippen molar-refractivity contribution in [2.24, 2.45) is 0 Å². The van der Waals surface area contributed by atoms with E-state index in [4.69, 9.17) is 0 Å². The third kappa shape index (κ3) is 5.12. The molecule has 0 aliphatic rings. The minimum atomic E-state index is 0.547. The lowest BCUT2D eigenvalue weighted by Crippen LogP contribution is -2.05. The van der Waals surface area contributed by atoms with Crippen LogP contribution in [0.2, 0.25) is 0 Å². The number of fused-ring (bicyclic) bond motifs is 6. The summed E-state index contributed by atoms with van der Waals surface area (Å²) in [5.74, 6) is 0. The van der Waals surface area contributed by atoms with Crippen LogP contribution in [0.4, 0.5) is 0 Å². The van der Waals surface area contributed by atoms with Crippen LogP contribution in [0.5, 0.6) is 0 Å². The van der Waals surface area contributed by atoms with E-state index < -0.39 is 0 Å². The highest BCUT2D eigenvalue weighted by molar-refractivity contribution is 6.13. The minimum absolute atomic E-state index is 0.547. The zero-order valence-electron chi connectivity index (χ0n) is 29.8. The lowest BCUT2D eigenvalue weighted by molar-refractivity contribution is 1.09. The molecule has 6 nitrogen and oxygen atoms in total. The van der Waals surface area contributed by atoms with E-state index in [1.165, 1.54) is 0 Å². The van der Waals surface area contributed by atoms with Crippen LogP contribution in [0.15, 0.2) is 170 Å². The van der Waals surface area contributed by atoms with Gasteiger partial charge in [-0.1, -0.05) is 72.8 Å². The van der Waals surface area contributed by atoms with Crippen molar-refractivity contribution in [2.75, 3.05) is 0 Å². The highest BCUT2D eigenvalue weighted by atomic mass is 15.1. The molecule has 0 unspecified atom stereocenters. The quantitative estimate of drug-likeness (QED) is 0.177. The maximum Gasteiger partial charge on any atom is 0.0998 e. The summed E-state index contributed by atoms with van der Waals surface area (Å²) in [6.07, 6.45) is 3.51. The topological polar surface area (TPSA) is 94.1 Å². The average Bonchev–Trinajstić information content (AvgIpc) is 3.78. The van der Waals surface area contributed by atoms with Crippen LogP contribution in [0, 0.1) is 34.0 Å². The minimum Gasteiger partial charge on any atom is -0.307 e. The zero-order valence-corrected chi connectivity index (χ0v) is 29.8. The van der Waals surface area contributed by atoms with E-state index in [0.29, 0.717) is 16.7 Å². The Hall–Kier alpha value is -8.24. The van der Waals surface area contributed by atoms with Crippen LogP contribution in [-0.2, 0) is 0 Å². The van der Waals surface area contributed by atoms with Gasteiger partial charge in [-0.2, -0.15) is 15.8 Å².